The number of hydrogen-bond donors (Lipinski definition) is 0. The second-order valence-electron chi connectivity index (χ2n) is 8.08. The molecule has 0 fully saturated rings. The summed E-state index contributed by atoms with van der Waals surface area (Å²) in [5.41, 5.74) is 7.31. The van der Waals surface area contributed by atoms with E-state index in [1.807, 2.05) is 7.11 Å². The summed E-state index contributed by atoms with van der Waals surface area (Å²) in [4.78, 5) is 0. The Labute approximate surface area is 190 Å². The van der Waals surface area contributed by atoms with Gasteiger partial charge in [-0.05, 0) is 27.8 Å². The van der Waals surface area contributed by atoms with Crippen molar-refractivity contribution in [3.8, 4) is 0 Å². The predicted molar refractivity (Wildman–Crippen MR) is 133 cm³/mol. The first kappa shape index (κ1) is 20.1. The van der Waals surface area contributed by atoms with Gasteiger partial charge in [0, 0.05) is 11.5 Å². The summed E-state index contributed by atoms with van der Waals surface area (Å²) in [5.74, 6) is 1.26. The average molecular weight is 415 g/mol. The first-order valence-corrected chi connectivity index (χ1v) is 11.1. The van der Waals surface area contributed by atoms with Crippen molar-refractivity contribution in [2.75, 3.05) is 7.11 Å². The molecule has 156 valence electrons. The molecule has 0 aromatic heterocycles. The van der Waals surface area contributed by atoms with E-state index in [-0.39, 0.29) is 11.8 Å². The van der Waals surface area contributed by atoms with Crippen LogP contribution in [0.15, 0.2) is 133 Å². The van der Waals surface area contributed by atoms with Gasteiger partial charge in [-0.25, -0.2) is 0 Å². The van der Waals surface area contributed by atoms with Crippen LogP contribution in [0.2, 0.25) is 0 Å². The lowest BCUT2D eigenvalue weighted by Crippen LogP contribution is -2.20. The summed E-state index contributed by atoms with van der Waals surface area (Å²) in [5, 5.41) is 0. The Hall–Kier alpha value is -3.84. The maximum Gasteiger partial charge on any atom is 0.112 e. The van der Waals surface area contributed by atoms with E-state index in [1.54, 1.807) is 0 Å². The predicted octanol–water partition coefficient (Wildman–Crippen LogP) is 7.71. The largest absolute Gasteiger partial charge is 0.500 e. The Balaban J connectivity index is 1.81. The first-order valence-electron chi connectivity index (χ1n) is 11.1. The van der Waals surface area contributed by atoms with Crippen LogP contribution in [0.5, 0.6) is 0 Å². The molecule has 2 unspecified atom stereocenters. The van der Waals surface area contributed by atoms with Crippen molar-refractivity contribution in [3.63, 3.8) is 0 Å². The van der Waals surface area contributed by atoms with Crippen LogP contribution in [-0.2, 0) is 4.74 Å². The summed E-state index contributed by atoms with van der Waals surface area (Å²) in [6.45, 7) is 0. The van der Waals surface area contributed by atoms with E-state index < -0.39 is 0 Å². The zero-order valence-electron chi connectivity index (χ0n) is 18.2. The summed E-state index contributed by atoms with van der Waals surface area (Å²) >= 11 is 0. The lowest BCUT2D eigenvalue weighted by atomic mass is 9.71. The van der Waals surface area contributed by atoms with Crippen LogP contribution in [-0.4, -0.2) is 7.11 Å². The molecule has 4 aromatic rings. The SMILES string of the molecule is COC1=C(c2ccccc2)C(c2ccccc2)=CC(c2ccccc2)C1c1ccccc1. The van der Waals surface area contributed by atoms with Gasteiger partial charge in [-0.1, -0.05) is 127 Å². The maximum absolute atomic E-state index is 6.27. The van der Waals surface area contributed by atoms with E-state index >= 15 is 0 Å². The van der Waals surface area contributed by atoms with Crippen LogP contribution in [0.1, 0.15) is 34.1 Å². The molecule has 1 heteroatoms. The minimum Gasteiger partial charge on any atom is -0.500 e. The zero-order chi connectivity index (χ0) is 21.8. The minimum absolute atomic E-state index is 0.0891. The summed E-state index contributed by atoms with van der Waals surface area (Å²) < 4.78 is 6.27. The highest BCUT2D eigenvalue weighted by atomic mass is 16.5. The Morgan fingerprint density at radius 2 is 1.00 bits per heavy atom. The van der Waals surface area contributed by atoms with Gasteiger partial charge >= 0.3 is 0 Å². The molecule has 2 atom stereocenters. The highest BCUT2D eigenvalue weighted by molar-refractivity contribution is 6.07. The smallest absolute Gasteiger partial charge is 0.112 e. The van der Waals surface area contributed by atoms with Gasteiger partial charge in [0.25, 0.3) is 0 Å². The van der Waals surface area contributed by atoms with Gasteiger partial charge in [0.1, 0.15) is 5.76 Å². The van der Waals surface area contributed by atoms with E-state index in [4.69, 9.17) is 4.74 Å². The number of benzene rings is 4. The van der Waals surface area contributed by atoms with Gasteiger partial charge in [-0.15, -0.1) is 0 Å². The molecule has 0 saturated carbocycles. The van der Waals surface area contributed by atoms with Gasteiger partial charge < -0.3 is 4.74 Å². The van der Waals surface area contributed by atoms with Gasteiger partial charge in [0.15, 0.2) is 0 Å². The number of rotatable bonds is 5. The quantitative estimate of drug-likeness (QED) is 0.325. The molecule has 4 aromatic carbocycles. The van der Waals surface area contributed by atoms with Crippen LogP contribution in [0, 0.1) is 0 Å². The van der Waals surface area contributed by atoms with E-state index in [1.165, 1.54) is 33.4 Å². The molecular weight excluding hydrogens is 388 g/mol. The summed E-state index contributed by atoms with van der Waals surface area (Å²) in [6, 6.07) is 42.7. The highest BCUT2D eigenvalue weighted by Gasteiger charge is 2.36. The maximum atomic E-state index is 6.27. The van der Waals surface area contributed by atoms with Crippen LogP contribution in [0.4, 0.5) is 0 Å². The van der Waals surface area contributed by atoms with Gasteiger partial charge in [-0.3, -0.25) is 0 Å². The molecule has 32 heavy (non-hydrogen) atoms. The van der Waals surface area contributed by atoms with E-state index in [2.05, 4.69) is 127 Å². The van der Waals surface area contributed by atoms with Crippen LogP contribution < -0.4 is 0 Å². The third-order valence-corrected chi connectivity index (χ3v) is 6.21. The third-order valence-electron chi connectivity index (χ3n) is 6.21. The molecule has 0 radical (unpaired) electrons. The number of ether oxygens (including phenoxy) is 1. The van der Waals surface area contributed by atoms with Crippen LogP contribution in [0.25, 0.3) is 11.1 Å². The van der Waals surface area contributed by atoms with Gasteiger partial charge in [0.2, 0.25) is 0 Å². The lowest BCUT2D eigenvalue weighted by molar-refractivity contribution is 0.260. The Morgan fingerprint density at radius 1 is 0.531 bits per heavy atom. The average Bonchev–Trinajstić information content (AvgIpc) is 2.89. The molecule has 0 aliphatic heterocycles. The molecule has 0 heterocycles. The van der Waals surface area contributed by atoms with E-state index in [0.29, 0.717) is 0 Å². The van der Waals surface area contributed by atoms with Gasteiger partial charge in [-0.2, -0.15) is 0 Å². The van der Waals surface area contributed by atoms with Crippen molar-refractivity contribution in [2.24, 2.45) is 0 Å². The molecule has 0 bridgehead atoms. The normalized spacial score (nSPS) is 18.2. The number of hydrogen-bond acceptors (Lipinski definition) is 1. The van der Waals surface area contributed by atoms with E-state index in [0.717, 1.165) is 5.76 Å². The monoisotopic (exact) mass is 414 g/mol. The molecule has 0 N–H and O–H groups in total. The van der Waals surface area contributed by atoms with Crippen molar-refractivity contribution in [3.05, 3.63) is 155 Å². The fraction of sp³-hybridized carbons (Fsp3) is 0.0968. The second kappa shape index (κ2) is 9.11. The summed E-state index contributed by atoms with van der Waals surface area (Å²) in [7, 11) is 1.81. The second-order valence-corrected chi connectivity index (χ2v) is 8.08. The fourth-order valence-electron chi connectivity index (χ4n) is 4.78. The summed E-state index contributed by atoms with van der Waals surface area (Å²) in [6.07, 6.45) is 2.44. The Morgan fingerprint density at radius 3 is 1.53 bits per heavy atom. The molecular formula is C31H26O. The number of methoxy groups -OCH3 is 1. The Bertz CT molecular complexity index is 1220. The number of allylic oxidation sites excluding steroid dienone is 4. The molecule has 0 spiro atoms. The van der Waals surface area contributed by atoms with Crippen LogP contribution in [0.3, 0.4) is 0 Å². The zero-order valence-corrected chi connectivity index (χ0v) is 18.2. The van der Waals surface area contributed by atoms with Crippen LogP contribution >= 0.6 is 0 Å². The molecule has 1 aliphatic rings. The first-order chi connectivity index (χ1) is 15.9. The lowest BCUT2D eigenvalue weighted by Gasteiger charge is -2.35. The Kier molecular flexibility index (Phi) is 5.72. The van der Waals surface area contributed by atoms with Crippen molar-refractivity contribution in [1.29, 1.82) is 0 Å². The van der Waals surface area contributed by atoms with E-state index in [9.17, 15) is 0 Å². The highest BCUT2D eigenvalue weighted by Crippen LogP contribution is 2.51. The molecule has 0 saturated heterocycles. The van der Waals surface area contributed by atoms with Crippen molar-refractivity contribution >= 4 is 11.1 Å². The standard InChI is InChI=1S/C31H26O/c1-32-31-29(25-18-10-4-11-19-25)27(23-14-6-2-7-15-23)22-28(24-16-8-3-9-17-24)30(31)26-20-12-5-13-21-26/h2-22,27,29H,1H3. The molecule has 5 rings (SSSR count). The topological polar surface area (TPSA) is 9.23 Å². The molecule has 0 amide bonds. The van der Waals surface area contributed by atoms with Gasteiger partial charge in [0.05, 0.1) is 13.0 Å². The molecule has 1 nitrogen and oxygen atoms in total. The van der Waals surface area contributed by atoms with Crippen molar-refractivity contribution < 1.29 is 4.74 Å². The third kappa shape index (κ3) is 3.78. The minimum atomic E-state index is 0.0891. The van der Waals surface area contributed by atoms with Crippen molar-refractivity contribution in [1.82, 2.24) is 0 Å². The molecule has 1 aliphatic carbocycles. The van der Waals surface area contributed by atoms with Crippen molar-refractivity contribution in [2.45, 2.75) is 11.8 Å². The fourth-order valence-corrected chi connectivity index (χ4v) is 4.78.